The molecular formula is C24H26N4O. The van der Waals surface area contributed by atoms with Crippen LogP contribution < -0.4 is 10.2 Å². The van der Waals surface area contributed by atoms with Gasteiger partial charge in [-0.2, -0.15) is 0 Å². The second-order valence-electron chi connectivity index (χ2n) is 7.78. The molecule has 0 aliphatic carbocycles. The maximum Gasteiger partial charge on any atom is 0.229 e. The summed E-state index contributed by atoms with van der Waals surface area (Å²) >= 11 is 0. The van der Waals surface area contributed by atoms with Gasteiger partial charge in [-0.15, -0.1) is 0 Å². The molecule has 1 atom stereocenters. The maximum atomic E-state index is 12.7. The van der Waals surface area contributed by atoms with Crippen LogP contribution in [0.25, 0.3) is 11.1 Å². The highest BCUT2D eigenvalue weighted by atomic mass is 16.1. The van der Waals surface area contributed by atoms with Crippen LogP contribution in [0, 0.1) is 19.8 Å². The predicted octanol–water partition coefficient (Wildman–Crippen LogP) is 4.62. The summed E-state index contributed by atoms with van der Waals surface area (Å²) in [5.41, 5.74) is 5.36. The molecule has 1 fully saturated rings. The lowest BCUT2D eigenvalue weighted by Crippen LogP contribution is -2.41. The molecular weight excluding hydrogens is 360 g/mol. The Morgan fingerprint density at radius 3 is 2.21 bits per heavy atom. The molecule has 2 heterocycles. The first-order valence-electron chi connectivity index (χ1n) is 10.1. The van der Waals surface area contributed by atoms with Crippen molar-refractivity contribution in [3.05, 3.63) is 72.1 Å². The van der Waals surface area contributed by atoms with E-state index in [0.29, 0.717) is 12.5 Å². The van der Waals surface area contributed by atoms with Gasteiger partial charge in [0.15, 0.2) is 0 Å². The van der Waals surface area contributed by atoms with E-state index in [1.54, 1.807) is 0 Å². The summed E-state index contributed by atoms with van der Waals surface area (Å²) in [4.78, 5) is 24.0. The largest absolute Gasteiger partial charge is 0.340 e. The van der Waals surface area contributed by atoms with Gasteiger partial charge in [0, 0.05) is 36.7 Å². The van der Waals surface area contributed by atoms with Crippen LogP contribution in [0.3, 0.4) is 0 Å². The zero-order valence-corrected chi connectivity index (χ0v) is 16.9. The summed E-state index contributed by atoms with van der Waals surface area (Å²) in [6, 6.07) is 16.2. The Labute approximate surface area is 171 Å². The number of nitrogens with one attached hydrogen (secondary N) is 1. The third-order valence-corrected chi connectivity index (χ3v) is 5.42. The molecule has 0 bridgehead atoms. The number of aromatic nitrogens is 2. The number of amides is 1. The number of carbonyl (C=O) groups is 1. The van der Waals surface area contributed by atoms with Gasteiger partial charge >= 0.3 is 0 Å². The van der Waals surface area contributed by atoms with E-state index in [-0.39, 0.29) is 11.8 Å². The Hall–Kier alpha value is -3.21. The molecule has 3 aromatic rings. The molecule has 1 aliphatic heterocycles. The van der Waals surface area contributed by atoms with Crippen molar-refractivity contribution in [2.45, 2.75) is 26.7 Å². The quantitative estimate of drug-likeness (QED) is 0.711. The summed E-state index contributed by atoms with van der Waals surface area (Å²) in [6.07, 6.45) is 5.57. The molecule has 1 amide bonds. The van der Waals surface area contributed by atoms with E-state index >= 15 is 0 Å². The van der Waals surface area contributed by atoms with Gasteiger partial charge in [0.05, 0.1) is 5.92 Å². The molecule has 0 radical (unpaired) electrons. The SMILES string of the molecule is Cc1ccc(NC(=O)[C@@H]2CCCN(c3ncc(-c4ccc(C)cc4)cn3)C2)cc1. The van der Waals surface area contributed by atoms with Crippen molar-refractivity contribution in [1.29, 1.82) is 0 Å². The fourth-order valence-electron chi connectivity index (χ4n) is 3.63. The molecule has 0 unspecified atom stereocenters. The van der Waals surface area contributed by atoms with Crippen molar-refractivity contribution in [3.63, 3.8) is 0 Å². The third kappa shape index (κ3) is 4.62. The topological polar surface area (TPSA) is 58.1 Å². The van der Waals surface area contributed by atoms with Gasteiger partial charge in [0.2, 0.25) is 11.9 Å². The van der Waals surface area contributed by atoms with E-state index in [0.717, 1.165) is 36.2 Å². The van der Waals surface area contributed by atoms with Crippen molar-refractivity contribution in [1.82, 2.24) is 9.97 Å². The van der Waals surface area contributed by atoms with Crippen LogP contribution >= 0.6 is 0 Å². The molecule has 148 valence electrons. The van der Waals surface area contributed by atoms with Crippen molar-refractivity contribution < 1.29 is 4.79 Å². The van der Waals surface area contributed by atoms with Crippen LogP contribution in [0.4, 0.5) is 11.6 Å². The van der Waals surface area contributed by atoms with Crippen molar-refractivity contribution in [2.75, 3.05) is 23.3 Å². The van der Waals surface area contributed by atoms with Crippen LogP contribution in [-0.2, 0) is 4.79 Å². The molecule has 1 aliphatic rings. The molecule has 5 nitrogen and oxygen atoms in total. The number of nitrogens with zero attached hydrogens (tertiary/aromatic N) is 3. The minimum absolute atomic E-state index is 0.0644. The van der Waals surface area contributed by atoms with Gasteiger partial charge in [0.25, 0.3) is 0 Å². The van der Waals surface area contributed by atoms with Crippen molar-refractivity contribution >= 4 is 17.5 Å². The summed E-state index contributed by atoms with van der Waals surface area (Å²) in [5.74, 6) is 0.689. The maximum absolute atomic E-state index is 12.7. The Morgan fingerprint density at radius 1 is 0.931 bits per heavy atom. The van der Waals surface area contributed by atoms with Gasteiger partial charge < -0.3 is 10.2 Å². The Morgan fingerprint density at radius 2 is 1.55 bits per heavy atom. The highest BCUT2D eigenvalue weighted by Gasteiger charge is 2.27. The van der Waals surface area contributed by atoms with Gasteiger partial charge in [-0.05, 0) is 44.4 Å². The molecule has 0 saturated carbocycles. The molecule has 4 rings (SSSR count). The Balaban J connectivity index is 1.41. The van der Waals surface area contributed by atoms with Gasteiger partial charge in [-0.3, -0.25) is 4.79 Å². The number of rotatable bonds is 4. The standard InChI is InChI=1S/C24H26N4O/c1-17-5-9-19(10-6-17)21-14-25-24(26-15-21)28-13-3-4-20(16-28)23(29)27-22-11-7-18(2)8-12-22/h5-12,14-15,20H,3-4,13,16H2,1-2H3,(H,27,29)/t20-/m1/s1. The van der Waals surface area contributed by atoms with Crippen molar-refractivity contribution in [2.24, 2.45) is 5.92 Å². The van der Waals surface area contributed by atoms with Gasteiger partial charge in [0.1, 0.15) is 0 Å². The third-order valence-electron chi connectivity index (χ3n) is 5.42. The molecule has 1 N–H and O–H groups in total. The van der Waals surface area contributed by atoms with Crippen LogP contribution in [0.2, 0.25) is 0 Å². The van der Waals surface area contributed by atoms with Crippen LogP contribution in [0.1, 0.15) is 24.0 Å². The summed E-state index contributed by atoms with van der Waals surface area (Å²) in [7, 11) is 0. The van der Waals surface area contributed by atoms with Crippen LogP contribution in [0.15, 0.2) is 60.9 Å². The second-order valence-corrected chi connectivity index (χ2v) is 7.78. The summed E-state index contributed by atoms with van der Waals surface area (Å²) in [5, 5.41) is 3.04. The zero-order chi connectivity index (χ0) is 20.2. The van der Waals surface area contributed by atoms with E-state index in [2.05, 4.69) is 51.4 Å². The van der Waals surface area contributed by atoms with Crippen LogP contribution in [0.5, 0.6) is 0 Å². The lowest BCUT2D eigenvalue weighted by molar-refractivity contribution is -0.120. The van der Waals surface area contributed by atoms with Gasteiger partial charge in [-0.25, -0.2) is 9.97 Å². The first kappa shape index (κ1) is 19.1. The average Bonchev–Trinajstić information content (AvgIpc) is 2.76. The zero-order valence-electron chi connectivity index (χ0n) is 16.9. The number of piperidine rings is 1. The highest BCUT2D eigenvalue weighted by molar-refractivity contribution is 5.93. The van der Waals surface area contributed by atoms with E-state index in [1.165, 1.54) is 11.1 Å². The Bertz CT molecular complexity index is 965. The number of aryl methyl sites for hydroxylation is 2. The van der Waals surface area contributed by atoms with E-state index in [9.17, 15) is 4.79 Å². The predicted molar refractivity (Wildman–Crippen MR) is 117 cm³/mol. The first-order chi connectivity index (χ1) is 14.1. The number of anilines is 2. The van der Waals surface area contributed by atoms with Crippen molar-refractivity contribution in [3.8, 4) is 11.1 Å². The first-order valence-corrected chi connectivity index (χ1v) is 10.1. The van der Waals surface area contributed by atoms with E-state index in [4.69, 9.17) is 0 Å². The monoisotopic (exact) mass is 386 g/mol. The lowest BCUT2D eigenvalue weighted by atomic mass is 9.97. The molecule has 1 saturated heterocycles. The number of hydrogen-bond donors (Lipinski definition) is 1. The molecule has 5 heteroatoms. The minimum atomic E-state index is -0.0644. The second kappa shape index (κ2) is 8.43. The fourth-order valence-corrected chi connectivity index (χ4v) is 3.63. The van der Waals surface area contributed by atoms with E-state index in [1.807, 2.05) is 43.6 Å². The minimum Gasteiger partial charge on any atom is -0.340 e. The Kier molecular flexibility index (Phi) is 5.56. The average molecular weight is 386 g/mol. The molecule has 2 aromatic carbocycles. The number of carbonyl (C=O) groups excluding carboxylic acids is 1. The normalized spacial score (nSPS) is 16.5. The smallest absolute Gasteiger partial charge is 0.229 e. The number of benzene rings is 2. The van der Waals surface area contributed by atoms with Gasteiger partial charge in [-0.1, -0.05) is 47.5 Å². The number of hydrogen-bond acceptors (Lipinski definition) is 4. The lowest BCUT2D eigenvalue weighted by Gasteiger charge is -2.32. The summed E-state index contributed by atoms with van der Waals surface area (Å²) in [6.45, 7) is 5.62. The molecule has 0 spiro atoms. The van der Waals surface area contributed by atoms with E-state index < -0.39 is 0 Å². The van der Waals surface area contributed by atoms with Crippen LogP contribution in [-0.4, -0.2) is 29.0 Å². The molecule has 1 aromatic heterocycles. The summed E-state index contributed by atoms with van der Waals surface area (Å²) < 4.78 is 0. The molecule has 29 heavy (non-hydrogen) atoms. The highest BCUT2D eigenvalue weighted by Crippen LogP contribution is 2.24. The fraction of sp³-hybridized carbons (Fsp3) is 0.292.